The molecule has 4 heteroatoms. The largest absolute Gasteiger partial charge is 0.313 e. The van der Waals surface area contributed by atoms with Crippen LogP contribution >= 0.6 is 0 Å². The first-order valence-electron chi connectivity index (χ1n) is 8.49. The van der Waals surface area contributed by atoms with E-state index >= 15 is 0 Å². The van der Waals surface area contributed by atoms with E-state index in [9.17, 15) is 0 Å². The van der Waals surface area contributed by atoms with Crippen LogP contribution in [0, 0.1) is 0 Å². The zero-order chi connectivity index (χ0) is 16.5. The molecule has 4 aromatic rings. The fourth-order valence-electron chi connectivity index (χ4n) is 3.17. The molecule has 4 nitrogen and oxygen atoms in total. The van der Waals surface area contributed by atoms with Crippen molar-refractivity contribution in [3.05, 3.63) is 60.8 Å². The molecule has 0 atom stereocenters. The second kappa shape index (κ2) is 6.13. The van der Waals surface area contributed by atoms with Gasteiger partial charge in [-0.3, -0.25) is 4.40 Å². The van der Waals surface area contributed by atoms with Crippen LogP contribution in [0.4, 0.5) is 0 Å². The number of nitrogens with zero attached hydrogens (tertiary/aromatic N) is 3. The molecule has 0 radical (unpaired) electrons. The number of para-hydroxylation sites is 2. The summed E-state index contributed by atoms with van der Waals surface area (Å²) in [5.41, 5.74) is 4.61. The minimum absolute atomic E-state index is 0.482. The Balaban J connectivity index is 1.86. The SMILES string of the molecule is CC(C)NCCn1c(-c2ccccc2)cn2c3ccccc3nc12. The van der Waals surface area contributed by atoms with Gasteiger partial charge in [-0.15, -0.1) is 0 Å². The number of benzene rings is 2. The van der Waals surface area contributed by atoms with Crippen LogP contribution in [0.2, 0.25) is 0 Å². The van der Waals surface area contributed by atoms with Crippen molar-refractivity contribution in [2.45, 2.75) is 26.4 Å². The highest BCUT2D eigenvalue weighted by Crippen LogP contribution is 2.26. The average Bonchev–Trinajstić information content (AvgIpc) is 3.12. The van der Waals surface area contributed by atoms with Crippen molar-refractivity contribution in [3.63, 3.8) is 0 Å². The van der Waals surface area contributed by atoms with Crippen LogP contribution in [0.5, 0.6) is 0 Å². The molecule has 0 aliphatic rings. The van der Waals surface area contributed by atoms with E-state index in [1.54, 1.807) is 0 Å². The van der Waals surface area contributed by atoms with Crippen molar-refractivity contribution in [2.24, 2.45) is 0 Å². The summed E-state index contributed by atoms with van der Waals surface area (Å²) < 4.78 is 4.51. The Bertz CT molecular complexity index is 963. The quantitative estimate of drug-likeness (QED) is 0.604. The summed E-state index contributed by atoms with van der Waals surface area (Å²) in [7, 11) is 0. The van der Waals surface area contributed by atoms with Crippen LogP contribution in [0.25, 0.3) is 28.1 Å². The van der Waals surface area contributed by atoms with Gasteiger partial charge < -0.3 is 9.88 Å². The van der Waals surface area contributed by atoms with Crippen molar-refractivity contribution in [1.82, 2.24) is 19.3 Å². The van der Waals surface area contributed by atoms with Gasteiger partial charge >= 0.3 is 0 Å². The second-order valence-electron chi connectivity index (χ2n) is 6.41. The Morgan fingerprint density at radius 3 is 2.54 bits per heavy atom. The number of hydrogen-bond donors (Lipinski definition) is 1. The maximum atomic E-state index is 4.86. The number of nitrogens with one attached hydrogen (secondary N) is 1. The second-order valence-corrected chi connectivity index (χ2v) is 6.41. The summed E-state index contributed by atoms with van der Waals surface area (Å²) in [6.07, 6.45) is 2.20. The van der Waals surface area contributed by atoms with E-state index in [-0.39, 0.29) is 0 Å². The van der Waals surface area contributed by atoms with E-state index in [4.69, 9.17) is 4.98 Å². The normalized spacial score (nSPS) is 11.8. The van der Waals surface area contributed by atoms with E-state index in [0.717, 1.165) is 29.9 Å². The van der Waals surface area contributed by atoms with Crippen molar-refractivity contribution in [1.29, 1.82) is 0 Å². The van der Waals surface area contributed by atoms with E-state index in [1.807, 2.05) is 6.07 Å². The maximum absolute atomic E-state index is 4.86. The Morgan fingerprint density at radius 2 is 1.75 bits per heavy atom. The molecule has 0 bridgehead atoms. The lowest BCUT2D eigenvalue weighted by molar-refractivity contribution is 0.547. The van der Waals surface area contributed by atoms with Gasteiger partial charge in [-0.2, -0.15) is 0 Å². The smallest absolute Gasteiger partial charge is 0.215 e. The van der Waals surface area contributed by atoms with Gasteiger partial charge in [0, 0.05) is 25.3 Å². The third-order valence-electron chi connectivity index (χ3n) is 4.32. The maximum Gasteiger partial charge on any atom is 0.215 e. The lowest BCUT2D eigenvalue weighted by Crippen LogP contribution is -2.26. The number of imidazole rings is 2. The van der Waals surface area contributed by atoms with Gasteiger partial charge in [-0.25, -0.2) is 4.98 Å². The highest BCUT2D eigenvalue weighted by Gasteiger charge is 2.14. The molecular formula is C20H22N4. The van der Waals surface area contributed by atoms with Crippen LogP contribution in [-0.2, 0) is 6.54 Å². The number of aromatic nitrogens is 3. The van der Waals surface area contributed by atoms with Crippen molar-refractivity contribution < 1.29 is 0 Å². The third kappa shape index (κ3) is 2.59. The van der Waals surface area contributed by atoms with Gasteiger partial charge in [0.25, 0.3) is 0 Å². The Hall–Kier alpha value is -2.59. The summed E-state index contributed by atoms with van der Waals surface area (Å²) in [4.78, 5) is 4.86. The zero-order valence-electron chi connectivity index (χ0n) is 14.1. The molecular weight excluding hydrogens is 296 g/mol. The first kappa shape index (κ1) is 15.0. The predicted octanol–water partition coefficient (Wildman–Crippen LogP) is 3.95. The minimum Gasteiger partial charge on any atom is -0.313 e. The van der Waals surface area contributed by atoms with Gasteiger partial charge in [0.1, 0.15) is 0 Å². The van der Waals surface area contributed by atoms with Gasteiger partial charge in [0.15, 0.2) is 0 Å². The van der Waals surface area contributed by atoms with E-state index < -0.39 is 0 Å². The first-order chi connectivity index (χ1) is 11.7. The molecule has 0 spiro atoms. The third-order valence-corrected chi connectivity index (χ3v) is 4.32. The molecule has 0 unspecified atom stereocenters. The van der Waals surface area contributed by atoms with Crippen molar-refractivity contribution in [3.8, 4) is 11.3 Å². The molecule has 0 aliphatic carbocycles. The lowest BCUT2D eigenvalue weighted by Gasteiger charge is -2.11. The highest BCUT2D eigenvalue weighted by atomic mass is 15.2. The van der Waals surface area contributed by atoms with Crippen LogP contribution in [0.1, 0.15) is 13.8 Å². The first-order valence-corrected chi connectivity index (χ1v) is 8.49. The average molecular weight is 318 g/mol. The molecule has 4 rings (SSSR count). The highest BCUT2D eigenvalue weighted by molar-refractivity contribution is 5.81. The van der Waals surface area contributed by atoms with Crippen LogP contribution < -0.4 is 5.32 Å². The van der Waals surface area contributed by atoms with Gasteiger partial charge in [0.2, 0.25) is 5.78 Å². The summed E-state index contributed by atoms with van der Waals surface area (Å²) in [5, 5.41) is 3.50. The van der Waals surface area contributed by atoms with Crippen molar-refractivity contribution in [2.75, 3.05) is 6.54 Å². The lowest BCUT2D eigenvalue weighted by atomic mass is 10.2. The standard InChI is InChI=1S/C20H22N4/c1-15(2)21-12-13-23-19(16-8-4-3-5-9-16)14-24-18-11-7-6-10-17(18)22-20(23)24/h3-11,14-15,21H,12-13H2,1-2H3. The zero-order valence-corrected chi connectivity index (χ0v) is 14.1. The molecule has 1 N–H and O–H groups in total. The van der Waals surface area contributed by atoms with Crippen LogP contribution in [0.3, 0.4) is 0 Å². The molecule has 122 valence electrons. The number of hydrogen-bond acceptors (Lipinski definition) is 2. The fraction of sp³-hybridized carbons (Fsp3) is 0.250. The van der Waals surface area contributed by atoms with E-state index in [2.05, 4.69) is 82.9 Å². The Kier molecular flexibility index (Phi) is 3.82. The Morgan fingerprint density at radius 1 is 1.00 bits per heavy atom. The molecule has 0 saturated carbocycles. The van der Waals surface area contributed by atoms with Gasteiger partial charge in [-0.1, -0.05) is 56.3 Å². The fourth-order valence-corrected chi connectivity index (χ4v) is 3.17. The summed E-state index contributed by atoms with van der Waals surface area (Å²) >= 11 is 0. The molecule has 0 saturated heterocycles. The van der Waals surface area contributed by atoms with E-state index in [1.165, 1.54) is 11.3 Å². The molecule has 2 aromatic heterocycles. The minimum atomic E-state index is 0.482. The molecule has 0 amide bonds. The summed E-state index contributed by atoms with van der Waals surface area (Å²) in [5.74, 6) is 1.00. The Labute approximate surface area is 141 Å². The van der Waals surface area contributed by atoms with E-state index in [0.29, 0.717) is 6.04 Å². The van der Waals surface area contributed by atoms with Crippen LogP contribution in [0.15, 0.2) is 60.8 Å². The number of rotatable bonds is 5. The molecule has 0 fully saturated rings. The molecule has 0 aliphatic heterocycles. The van der Waals surface area contributed by atoms with Crippen LogP contribution in [-0.4, -0.2) is 26.5 Å². The van der Waals surface area contributed by atoms with Gasteiger partial charge in [-0.05, 0) is 17.7 Å². The molecule has 2 heterocycles. The predicted molar refractivity (Wildman–Crippen MR) is 99.3 cm³/mol. The topological polar surface area (TPSA) is 34.3 Å². The van der Waals surface area contributed by atoms with Crippen molar-refractivity contribution >= 4 is 16.8 Å². The number of fused-ring (bicyclic) bond motifs is 3. The summed E-state index contributed by atoms with van der Waals surface area (Å²) in [6, 6.07) is 19.3. The monoisotopic (exact) mass is 318 g/mol. The molecule has 24 heavy (non-hydrogen) atoms. The molecule has 2 aromatic carbocycles. The summed E-state index contributed by atoms with van der Waals surface area (Å²) in [6.45, 7) is 6.16. The van der Waals surface area contributed by atoms with Gasteiger partial charge in [0.05, 0.1) is 16.7 Å².